The third-order valence-corrected chi connectivity index (χ3v) is 7.20. The van der Waals surface area contributed by atoms with Gasteiger partial charge in [-0.2, -0.15) is 4.31 Å². The summed E-state index contributed by atoms with van der Waals surface area (Å²) in [4.78, 5) is 14.6. The van der Waals surface area contributed by atoms with Gasteiger partial charge in [0.2, 0.25) is 10.0 Å². The molecule has 1 aliphatic heterocycles. The van der Waals surface area contributed by atoms with E-state index in [0.717, 1.165) is 23.1 Å². The minimum absolute atomic E-state index is 0.184. The monoisotopic (exact) mass is 451 g/mol. The van der Waals surface area contributed by atoms with E-state index in [-0.39, 0.29) is 10.8 Å². The zero-order chi connectivity index (χ0) is 19.4. The number of nitrogens with zero attached hydrogens (tertiary/aromatic N) is 2. The SMILES string of the molecule is CN1CCN(S(=O)(=O)c2ccc(CNC(=O)c3ccccc3Br)cc2)CC1. The fourth-order valence-electron chi connectivity index (χ4n) is 2.88. The first-order valence-electron chi connectivity index (χ1n) is 8.68. The molecule has 0 aliphatic carbocycles. The van der Waals surface area contributed by atoms with Gasteiger partial charge in [0.05, 0.1) is 10.5 Å². The zero-order valence-corrected chi connectivity index (χ0v) is 17.5. The molecule has 1 heterocycles. The minimum Gasteiger partial charge on any atom is -0.348 e. The van der Waals surface area contributed by atoms with Crippen LogP contribution in [0.25, 0.3) is 0 Å². The second-order valence-electron chi connectivity index (χ2n) is 6.51. The van der Waals surface area contributed by atoms with E-state index in [2.05, 4.69) is 26.1 Å². The van der Waals surface area contributed by atoms with Gasteiger partial charge < -0.3 is 10.2 Å². The molecule has 0 aromatic heterocycles. The second kappa shape index (κ2) is 8.52. The van der Waals surface area contributed by atoms with Crippen LogP contribution in [0.2, 0.25) is 0 Å². The van der Waals surface area contributed by atoms with Gasteiger partial charge in [0.25, 0.3) is 5.91 Å². The first kappa shape index (κ1) is 20.0. The molecule has 6 nitrogen and oxygen atoms in total. The fourth-order valence-corrected chi connectivity index (χ4v) is 4.77. The zero-order valence-electron chi connectivity index (χ0n) is 15.1. The Labute approximate surface area is 168 Å². The van der Waals surface area contributed by atoms with Crippen molar-refractivity contribution in [3.8, 4) is 0 Å². The molecule has 0 unspecified atom stereocenters. The van der Waals surface area contributed by atoms with E-state index in [1.54, 1.807) is 36.4 Å². The van der Waals surface area contributed by atoms with E-state index >= 15 is 0 Å². The summed E-state index contributed by atoms with van der Waals surface area (Å²) < 4.78 is 27.7. The lowest BCUT2D eigenvalue weighted by Gasteiger charge is -2.31. The van der Waals surface area contributed by atoms with Crippen molar-refractivity contribution >= 4 is 31.9 Å². The van der Waals surface area contributed by atoms with Crippen molar-refractivity contribution in [3.63, 3.8) is 0 Å². The average Bonchev–Trinajstić information content (AvgIpc) is 2.67. The Bertz CT molecular complexity index is 908. The Hall–Kier alpha value is -1.74. The quantitative estimate of drug-likeness (QED) is 0.756. The van der Waals surface area contributed by atoms with E-state index in [9.17, 15) is 13.2 Å². The van der Waals surface area contributed by atoms with Crippen LogP contribution >= 0.6 is 15.9 Å². The summed E-state index contributed by atoms with van der Waals surface area (Å²) in [5.74, 6) is -0.184. The van der Waals surface area contributed by atoms with Crippen LogP contribution in [0.5, 0.6) is 0 Å². The molecule has 0 spiro atoms. The van der Waals surface area contributed by atoms with Crippen LogP contribution in [0.4, 0.5) is 0 Å². The van der Waals surface area contributed by atoms with Crippen LogP contribution in [0.15, 0.2) is 57.9 Å². The van der Waals surface area contributed by atoms with Crippen LogP contribution in [-0.2, 0) is 16.6 Å². The van der Waals surface area contributed by atoms with Crippen LogP contribution in [0, 0.1) is 0 Å². The lowest BCUT2D eigenvalue weighted by Crippen LogP contribution is -2.47. The number of amides is 1. The van der Waals surface area contributed by atoms with Gasteiger partial charge in [0.1, 0.15) is 0 Å². The normalized spacial score (nSPS) is 16.2. The van der Waals surface area contributed by atoms with Crippen molar-refractivity contribution in [3.05, 3.63) is 64.1 Å². The molecular formula is C19H22BrN3O3S. The van der Waals surface area contributed by atoms with Gasteiger partial charge in [-0.1, -0.05) is 24.3 Å². The molecule has 0 atom stereocenters. The maximum Gasteiger partial charge on any atom is 0.252 e. The summed E-state index contributed by atoms with van der Waals surface area (Å²) in [5, 5.41) is 2.85. The van der Waals surface area contributed by atoms with E-state index in [1.165, 1.54) is 4.31 Å². The fraction of sp³-hybridized carbons (Fsp3) is 0.316. The van der Waals surface area contributed by atoms with Gasteiger partial charge in [-0.25, -0.2) is 8.42 Å². The molecule has 144 valence electrons. The van der Waals surface area contributed by atoms with Gasteiger partial charge in [0, 0.05) is 37.2 Å². The highest BCUT2D eigenvalue weighted by Gasteiger charge is 2.27. The average molecular weight is 452 g/mol. The number of hydrogen-bond donors (Lipinski definition) is 1. The maximum absolute atomic E-state index is 12.7. The number of nitrogens with one attached hydrogen (secondary N) is 1. The summed E-state index contributed by atoms with van der Waals surface area (Å²) in [7, 11) is -1.48. The van der Waals surface area contributed by atoms with Gasteiger partial charge in [-0.3, -0.25) is 4.79 Å². The summed E-state index contributed by atoms with van der Waals surface area (Å²) in [5.41, 5.74) is 1.40. The highest BCUT2D eigenvalue weighted by atomic mass is 79.9. The Kier molecular flexibility index (Phi) is 6.31. The standard InChI is InChI=1S/C19H22BrN3O3S/c1-22-10-12-23(13-11-22)27(25,26)16-8-6-15(7-9-16)14-21-19(24)17-4-2-3-5-18(17)20/h2-9H,10-14H2,1H3,(H,21,24). The molecule has 1 fully saturated rings. The summed E-state index contributed by atoms with van der Waals surface area (Å²) in [6.07, 6.45) is 0. The first-order chi connectivity index (χ1) is 12.9. The molecule has 1 N–H and O–H groups in total. The highest BCUT2D eigenvalue weighted by Crippen LogP contribution is 2.19. The molecule has 0 bridgehead atoms. The van der Waals surface area contributed by atoms with Crippen molar-refractivity contribution in [1.29, 1.82) is 0 Å². The number of halogens is 1. The number of hydrogen-bond acceptors (Lipinski definition) is 4. The Morgan fingerprint density at radius 2 is 1.67 bits per heavy atom. The molecule has 2 aromatic carbocycles. The van der Waals surface area contributed by atoms with Crippen molar-refractivity contribution in [2.45, 2.75) is 11.4 Å². The van der Waals surface area contributed by atoms with Crippen LogP contribution in [0.3, 0.4) is 0 Å². The first-order valence-corrected chi connectivity index (χ1v) is 10.9. The minimum atomic E-state index is -3.47. The number of benzene rings is 2. The number of carbonyl (C=O) groups is 1. The van der Waals surface area contributed by atoms with Crippen LogP contribution < -0.4 is 5.32 Å². The molecule has 1 amide bonds. The van der Waals surface area contributed by atoms with E-state index < -0.39 is 10.0 Å². The van der Waals surface area contributed by atoms with Crippen molar-refractivity contribution in [1.82, 2.24) is 14.5 Å². The molecular weight excluding hydrogens is 430 g/mol. The van der Waals surface area contributed by atoms with Crippen molar-refractivity contribution in [2.24, 2.45) is 0 Å². The lowest BCUT2D eigenvalue weighted by molar-refractivity contribution is 0.0950. The van der Waals surface area contributed by atoms with Crippen molar-refractivity contribution < 1.29 is 13.2 Å². The third-order valence-electron chi connectivity index (χ3n) is 4.59. The van der Waals surface area contributed by atoms with Gasteiger partial charge >= 0.3 is 0 Å². The predicted octanol–water partition coefficient (Wildman–Crippen LogP) is 2.32. The third kappa shape index (κ3) is 4.76. The predicted molar refractivity (Wildman–Crippen MR) is 108 cm³/mol. The van der Waals surface area contributed by atoms with Crippen LogP contribution in [-0.4, -0.2) is 56.8 Å². The Balaban J connectivity index is 1.63. The topological polar surface area (TPSA) is 69.7 Å². The van der Waals surface area contributed by atoms with Gasteiger partial charge in [-0.15, -0.1) is 0 Å². The second-order valence-corrected chi connectivity index (χ2v) is 9.31. The largest absolute Gasteiger partial charge is 0.348 e. The number of sulfonamides is 1. The molecule has 3 rings (SSSR count). The highest BCUT2D eigenvalue weighted by molar-refractivity contribution is 9.10. The molecule has 8 heteroatoms. The molecule has 0 saturated carbocycles. The Morgan fingerprint density at radius 3 is 2.30 bits per heavy atom. The van der Waals surface area contributed by atoms with E-state index in [1.807, 2.05) is 19.2 Å². The molecule has 1 aliphatic rings. The number of carbonyl (C=O) groups excluding carboxylic acids is 1. The maximum atomic E-state index is 12.7. The van der Waals surface area contributed by atoms with E-state index in [4.69, 9.17) is 0 Å². The summed E-state index contributed by atoms with van der Waals surface area (Å²) in [6.45, 7) is 2.80. The lowest BCUT2D eigenvalue weighted by atomic mass is 10.2. The van der Waals surface area contributed by atoms with Gasteiger partial charge in [-0.05, 0) is 52.8 Å². The number of rotatable bonds is 5. The Morgan fingerprint density at radius 1 is 1.04 bits per heavy atom. The summed E-state index contributed by atoms with van der Waals surface area (Å²) in [6, 6.07) is 13.9. The molecule has 0 radical (unpaired) electrons. The molecule has 2 aromatic rings. The van der Waals surface area contributed by atoms with Crippen LogP contribution in [0.1, 0.15) is 15.9 Å². The molecule has 27 heavy (non-hydrogen) atoms. The van der Waals surface area contributed by atoms with Crippen molar-refractivity contribution in [2.75, 3.05) is 33.2 Å². The van der Waals surface area contributed by atoms with E-state index in [0.29, 0.717) is 25.2 Å². The van der Waals surface area contributed by atoms with Gasteiger partial charge in [0.15, 0.2) is 0 Å². The summed E-state index contributed by atoms with van der Waals surface area (Å²) >= 11 is 3.36. The number of likely N-dealkylation sites (N-methyl/N-ethyl adjacent to an activating group) is 1. The smallest absolute Gasteiger partial charge is 0.252 e. The molecule has 1 saturated heterocycles. The number of piperazine rings is 1.